The molecular weight excluding hydrogens is 624 g/mol. The van der Waals surface area contributed by atoms with Gasteiger partial charge in [-0.2, -0.15) is 0 Å². The van der Waals surface area contributed by atoms with Gasteiger partial charge in [-0.1, -0.05) is 189 Å². The summed E-state index contributed by atoms with van der Waals surface area (Å²) >= 11 is 0. The average molecular weight is 709 g/mol. The molecule has 1 atom stereocenters. The van der Waals surface area contributed by atoms with Crippen LogP contribution in [-0.2, 0) is 28.6 Å². The Kier molecular flexibility index (Phi) is 34.7. The molecule has 0 saturated heterocycles. The molecular formula is C44H84O6. The van der Waals surface area contributed by atoms with Crippen molar-refractivity contribution < 1.29 is 28.6 Å². The fraction of sp³-hybridized carbons (Fsp3) is 0.932. The lowest BCUT2D eigenvalue weighted by Crippen LogP contribution is -2.30. The third kappa shape index (κ3) is 37.7. The predicted molar refractivity (Wildman–Crippen MR) is 210 cm³/mol. The molecule has 6 heteroatoms. The van der Waals surface area contributed by atoms with Gasteiger partial charge in [0.15, 0.2) is 6.10 Å². The summed E-state index contributed by atoms with van der Waals surface area (Å²) in [4.78, 5) is 37.6. The van der Waals surface area contributed by atoms with Gasteiger partial charge in [-0.3, -0.25) is 14.4 Å². The third-order valence-corrected chi connectivity index (χ3v) is 9.65. The van der Waals surface area contributed by atoms with Crippen LogP contribution in [0.2, 0.25) is 0 Å². The Hall–Kier alpha value is -1.59. The lowest BCUT2D eigenvalue weighted by atomic mass is 10.0. The van der Waals surface area contributed by atoms with E-state index in [0.29, 0.717) is 19.3 Å². The Morgan fingerprint density at radius 3 is 0.860 bits per heavy atom. The highest BCUT2D eigenvalue weighted by Gasteiger charge is 2.19. The van der Waals surface area contributed by atoms with Crippen LogP contribution < -0.4 is 0 Å². The monoisotopic (exact) mass is 709 g/mol. The summed E-state index contributed by atoms with van der Waals surface area (Å²) < 4.78 is 16.7. The zero-order valence-electron chi connectivity index (χ0n) is 34.2. The molecule has 6 nitrogen and oxygen atoms in total. The minimum absolute atomic E-state index is 0.0678. The first-order chi connectivity index (χ1) is 24.1. The molecule has 0 amide bonds. The van der Waals surface area contributed by atoms with Crippen LogP contribution in [0.3, 0.4) is 0 Å². The molecule has 0 aliphatic carbocycles. The van der Waals surface area contributed by atoms with Gasteiger partial charge in [0.25, 0.3) is 0 Å². The molecule has 0 aliphatic heterocycles. The molecule has 0 aromatic heterocycles. The summed E-state index contributed by atoms with van der Waals surface area (Å²) in [5.41, 5.74) is 0. The van der Waals surface area contributed by atoms with Crippen molar-refractivity contribution in [1.82, 2.24) is 0 Å². The zero-order valence-corrected chi connectivity index (χ0v) is 34.2. The fourth-order valence-electron chi connectivity index (χ4n) is 6.35. The Bertz CT molecular complexity index is 776. The van der Waals surface area contributed by atoms with Gasteiger partial charge >= 0.3 is 17.9 Å². The number of rotatable bonds is 37. The second kappa shape index (κ2) is 35.8. The number of ether oxygens (including phenoxy) is 3. The third-order valence-electron chi connectivity index (χ3n) is 9.65. The number of carbonyl (C=O) groups excluding carboxylic acids is 3. The van der Waals surface area contributed by atoms with Crippen LogP contribution in [0, 0.1) is 17.8 Å². The molecule has 0 N–H and O–H groups in total. The Morgan fingerprint density at radius 2 is 0.580 bits per heavy atom. The maximum atomic E-state index is 12.6. The Labute approximate surface area is 310 Å². The van der Waals surface area contributed by atoms with E-state index >= 15 is 0 Å². The summed E-state index contributed by atoms with van der Waals surface area (Å²) in [5.74, 6) is 1.49. The number of unbranched alkanes of at least 4 members (excludes halogenated alkanes) is 20. The standard InChI is InChI=1S/C44H84O6/c1-38(2)30-24-18-12-8-7-9-14-21-27-33-42(45)48-36-41(50-44(47)35-29-23-17-16-20-26-32-40(5)6)37-49-43(46)34-28-22-15-11-10-13-19-25-31-39(3)4/h38-41H,7-37H2,1-6H3/t41-/m0/s1. The smallest absolute Gasteiger partial charge is 0.306 e. The van der Waals surface area contributed by atoms with Gasteiger partial charge < -0.3 is 14.2 Å². The first kappa shape index (κ1) is 48.4. The molecule has 0 rings (SSSR count). The molecule has 0 aromatic carbocycles. The van der Waals surface area contributed by atoms with Crippen LogP contribution in [0.1, 0.15) is 228 Å². The van der Waals surface area contributed by atoms with Crippen molar-refractivity contribution in [3.05, 3.63) is 0 Å². The SMILES string of the molecule is CC(C)CCCCCCCCCCCC(=O)OC[C@@H](COC(=O)CCCCCCCCCCC(C)C)OC(=O)CCCCCCCCC(C)C. The lowest BCUT2D eigenvalue weighted by Gasteiger charge is -2.18. The van der Waals surface area contributed by atoms with Gasteiger partial charge in [-0.05, 0) is 37.0 Å². The number of hydrogen-bond acceptors (Lipinski definition) is 6. The molecule has 0 bridgehead atoms. The molecule has 0 saturated carbocycles. The Morgan fingerprint density at radius 1 is 0.340 bits per heavy atom. The van der Waals surface area contributed by atoms with E-state index in [9.17, 15) is 14.4 Å². The highest BCUT2D eigenvalue weighted by molar-refractivity contribution is 5.71. The fourth-order valence-corrected chi connectivity index (χ4v) is 6.35. The van der Waals surface area contributed by atoms with Crippen LogP contribution in [0.25, 0.3) is 0 Å². The minimum atomic E-state index is -0.761. The molecule has 50 heavy (non-hydrogen) atoms. The molecule has 0 fully saturated rings. The maximum Gasteiger partial charge on any atom is 0.306 e. The molecule has 0 spiro atoms. The van der Waals surface area contributed by atoms with Crippen molar-refractivity contribution in [2.45, 2.75) is 234 Å². The van der Waals surface area contributed by atoms with E-state index in [1.165, 1.54) is 109 Å². The maximum absolute atomic E-state index is 12.6. The van der Waals surface area contributed by atoms with E-state index in [1.807, 2.05) is 0 Å². The van der Waals surface area contributed by atoms with E-state index < -0.39 is 6.10 Å². The van der Waals surface area contributed by atoms with Crippen molar-refractivity contribution >= 4 is 17.9 Å². The van der Waals surface area contributed by atoms with E-state index in [1.54, 1.807) is 0 Å². The molecule has 0 aromatic rings. The van der Waals surface area contributed by atoms with E-state index in [0.717, 1.165) is 75.5 Å². The van der Waals surface area contributed by atoms with Gasteiger partial charge in [-0.25, -0.2) is 0 Å². The van der Waals surface area contributed by atoms with Crippen molar-refractivity contribution in [1.29, 1.82) is 0 Å². The van der Waals surface area contributed by atoms with Gasteiger partial charge in [-0.15, -0.1) is 0 Å². The first-order valence-electron chi connectivity index (χ1n) is 21.6. The summed E-state index contributed by atoms with van der Waals surface area (Å²) in [7, 11) is 0. The first-order valence-corrected chi connectivity index (χ1v) is 21.6. The quantitative estimate of drug-likeness (QED) is 0.0363. The molecule has 0 radical (unpaired) electrons. The van der Waals surface area contributed by atoms with Crippen molar-refractivity contribution in [3.63, 3.8) is 0 Å². The Balaban J connectivity index is 4.34. The number of carbonyl (C=O) groups is 3. The molecule has 296 valence electrons. The van der Waals surface area contributed by atoms with E-state index in [-0.39, 0.29) is 31.1 Å². The van der Waals surface area contributed by atoms with Crippen LogP contribution in [0.4, 0.5) is 0 Å². The minimum Gasteiger partial charge on any atom is -0.462 e. The zero-order chi connectivity index (χ0) is 37.1. The predicted octanol–water partition coefficient (Wildman–Crippen LogP) is 13.3. The number of esters is 3. The molecule has 0 unspecified atom stereocenters. The number of hydrogen-bond donors (Lipinski definition) is 0. The van der Waals surface area contributed by atoms with Gasteiger partial charge in [0.1, 0.15) is 13.2 Å². The largest absolute Gasteiger partial charge is 0.462 e. The summed E-state index contributed by atoms with van der Waals surface area (Å²) in [6, 6.07) is 0. The highest BCUT2D eigenvalue weighted by Crippen LogP contribution is 2.16. The van der Waals surface area contributed by atoms with Crippen molar-refractivity contribution in [2.75, 3.05) is 13.2 Å². The van der Waals surface area contributed by atoms with Crippen LogP contribution in [0.5, 0.6) is 0 Å². The van der Waals surface area contributed by atoms with Gasteiger partial charge in [0.2, 0.25) is 0 Å². The van der Waals surface area contributed by atoms with Gasteiger partial charge in [0.05, 0.1) is 0 Å². The van der Waals surface area contributed by atoms with Crippen LogP contribution in [-0.4, -0.2) is 37.2 Å². The van der Waals surface area contributed by atoms with Crippen LogP contribution in [0.15, 0.2) is 0 Å². The second-order valence-electron chi connectivity index (χ2n) is 16.4. The average Bonchev–Trinajstić information content (AvgIpc) is 3.06. The normalized spacial score (nSPS) is 12.2. The highest BCUT2D eigenvalue weighted by atomic mass is 16.6. The second-order valence-corrected chi connectivity index (χ2v) is 16.4. The van der Waals surface area contributed by atoms with Crippen LogP contribution >= 0.6 is 0 Å². The van der Waals surface area contributed by atoms with E-state index in [2.05, 4.69) is 41.5 Å². The van der Waals surface area contributed by atoms with Crippen molar-refractivity contribution in [2.24, 2.45) is 17.8 Å². The lowest BCUT2D eigenvalue weighted by molar-refractivity contribution is -0.167. The van der Waals surface area contributed by atoms with Crippen molar-refractivity contribution in [3.8, 4) is 0 Å². The molecule has 0 aliphatic rings. The van der Waals surface area contributed by atoms with E-state index in [4.69, 9.17) is 14.2 Å². The van der Waals surface area contributed by atoms with Gasteiger partial charge in [0, 0.05) is 19.3 Å². The summed E-state index contributed by atoms with van der Waals surface area (Å²) in [5, 5.41) is 0. The summed E-state index contributed by atoms with van der Waals surface area (Å²) in [6.07, 6.45) is 31.1. The topological polar surface area (TPSA) is 78.9 Å². The summed E-state index contributed by atoms with van der Waals surface area (Å²) in [6.45, 7) is 13.5. The molecule has 0 heterocycles.